The average Bonchev–Trinajstić information content (AvgIpc) is 2.78. The molecule has 2 aliphatic rings. The molecule has 1 N–H and O–H groups in total. The number of amides is 3. The van der Waals surface area contributed by atoms with Gasteiger partial charge in [-0.3, -0.25) is 19.3 Å². The topological polar surface area (TPSA) is 79.0 Å². The number of hydrogen-bond donors (Lipinski definition) is 1. The summed E-state index contributed by atoms with van der Waals surface area (Å²) in [5.74, 6) is -0.298. The Labute approximate surface area is 185 Å². The first-order chi connectivity index (χ1) is 14.9. The van der Waals surface area contributed by atoms with E-state index in [9.17, 15) is 14.4 Å². The molecule has 7 nitrogen and oxygen atoms in total. The number of carbonyl (C=O) groups is 3. The lowest BCUT2D eigenvalue weighted by Gasteiger charge is -2.30. The number of nitrogens with zero attached hydrogens (tertiary/aromatic N) is 2. The summed E-state index contributed by atoms with van der Waals surface area (Å²) in [5, 5.41) is 3.35. The van der Waals surface area contributed by atoms with Crippen LogP contribution in [0.25, 0.3) is 0 Å². The molecule has 0 spiro atoms. The Morgan fingerprint density at radius 3 is 2.68 bits per heavy atom. The Morgan fingerprint density at radius 2 is 1.90 bits per heavy atom. The van der Waals surface area contributed by atoms with Crippen LogP contribution in [0, 0.1) is 6.92 Å². The zero-order valence-electron chi connectivity index (χ0n) is 17.3. The van der Waals surface area contributed by atoms with E-state index in [2.05, 4.69) is 5.32 Å². The zero-order valence-corrected chi connectivity index (χ0v) is 18.1. The van der Waals surface area contributed by atoms with Crippen LogP contribution in [0.1, 0.15) is 35.2 Å². The third-order valence-electron chi connectivity index (χ3n) is 5.64. The largest absolute Gasteiger partial charge is 0.482 e. The van der Waals surface area contributed by atoms with E-state index in [1.165, 1.54) is 4.90 Å². The first-order valence-electron chi connectivity index (χ1n) is 10.4. The van der Waals surface area contributed by atoms with Crippen molar-refractivity contribution in [1.29, 1.82) is 0 Å². The predicted octanol–water partition coefficient (Wildman–Crippen LogP) is 3.64. The smallest absolute Gasteiger partial charge is 0.265 e. The quantitative estimate of drug-likeness (QED) is 0.785. The SMILES string of the molecule is Cc1c(Cl)cccc1NC(=O)CN1C(=O)COc2ccc(C(=O)N3CCCCC3)cc21. The lowest BCUT2D eigenvalue weighted by molar-refractivity contribution is -0.123. The summed E-state index contributed by atoms with van der Waals surface area (Å²) >= 11 is 6.12. The van der Waals surface area contributed by atoms with Crippen molar-refractivity contribution >= 4 is 40.7 Å². The summed E-state index contributed by atoms with van der Waals surface area (Å²) in [7, 11) is 0. The number of fused-ring (bicyclic) bond motifs is 1. The Morgan fingerprint density at radius 1 is 1.13 bits per heavy atom. The van der Waals surface area contributed by atoms with Crippen molar-refractivity contribution in [2.45, 2.75) is 26.2 Å². The number of halogens is 1. The number of nitrogens with one attached hydrogen (secondary N) is 1. The number of anilines is 2. The van der Waals surface area contributed by atoms with E-state index in [0.717, 1.165) is 37.9 Å². The van der Waals surface area contributed by atoms with Gasteiger partial charge in [0, 0.05) is 29.4 Å². The molecule has 0 atom stereocenters. The standard InChI is InChI=1S/C23H24ClN3O4/c1-15-17(24)6-5-7-18(15)25-21(28)13-27-19-12-16(8-9-20(19)31-14-22(27)29)23(30)26-10-3-2-4-11-26/h5-9,12H,2-4,10-11,13-14H2,1H3,(H,25,28). The molecule has 1 saturated heterocycles. The molecular formula is C23H24ClN3O4. The summed E-state index contributed by atoms with van der Waals surface area (Å²) in [5.41, 5.74) is 2.25. The summed E-state index contributed by atoms with van der Waals surface area (Å²) in [6.07, 6.45) is 3.12. The molecule has 0 bridgehead atoms. The highest BCUT2D eigenvalue weighted by Crippen LogP contribution is 2.33. The summed E-state index contributed by atoms with van der Waals surface area (Å²) in [6, 6.07) is 10.3. The van der Waals surface area contributed by atoms with Gasteiger partial charge in [0.1, 0.15) is 12.3 Å². The van der Waals surface area contributed by atoms with Crippen molar-refractivity contribution < 1.29 is 19.1 Å². The van der Waals surface area contributed by atoms with Crippen molar-refractivity contribution in [3.8, 4) is 5.75 Å². The molecule has 0 radical (unpaired) electrons. The third-order valence-corrected chi connectivity index (χ3v) is 6.05. The Kier molecular flexibility index (Phi) is 6.13. The van der Waals surface area contributed by atoms with Crippen LogP contribution < -0.4 is 15.0 Å². The second-order valence-electron chi connectivity index (χ2n) is 7.76. The second kappa shape index (κ2) is 8.98. The van der Waals surface area contributed by atoms with Gasteiger partial charge in [-0.25, -0.2) is 0 Å². The van der Waals surface area contributed by atoms with Crippen molar-refractivity contribution in [3.05, 3.63) is 52.5 Å². The Balaban J connectivity index is 1.55. The molecule has 0 aromatic heterocycles. The molecule has 8 heteroatoms. The minimum Gasteiger partial charge on any atom is -0.482 e. The molecule has 2 aromatic rings. The fourth-order valence-corrected chi connectivity index (χ4v) is 4.04. The fraction of sp³-hybridized carbons (Fsp3) is 0.348. The van der Waals surface area contributed by atoms with Gasteiger partial charge in [0.15, 0.2) is 6.61 Å². The van der Waals surface area contributed by atoms with Crippen molar-refractivity contribution in [2.24, 2.45) is 0 Å². The van der Waals surface area contributed by atoms with Crippen LogP contribution in [0.2, 0.25) is 5.02 Å². The summed E-state index contributed by atoms with van der Waals surface area (Å²) in [4.78, 5) is 41.3. The van der Waals surface area contributed by atoms with E-state index in [-0.39, 0.29) is 30.9 Å². The van der Waals surface area contributed by atoms with Crippen LogP contribution in [-0.2, 0) is 9.59 Å². The van der Waals surface area contributed by atoms with Gasteiger partial charge in [-0.05, 0) is 62.1 Å². The molecule has 2 aromatic carbocycles. The van der Waals surface area contributed by atoms with E-state index < -0.39 is 0 Å². The highest BCUT2D eigenvalue weighted by molar-refractivity contribution is 6.31. The van der Waals surface area contributed by atoms with E-state index in [4.69, 9.17) is 16.3 Å². The molecule has 1 fully saturated rings. The maximum absolute atomic E-state index is 12.9. The minimum absolute atomic E-state index is 0.0699. The molecule has 0 saturated carbocycles. The minimum atomic E-state index is -0.362. The van der Waals surface area contributed by atoms with Crippen LogP contribution >= 0.6 is 11.6 Å². The number of rotatable bonds is 4. The van der Waals surface area contributed by atoms with Gasteiger partial charge < -0.3 is 15.0 Å². The molecule has 4 rings (SSSR count). The van der Waals surface area contributed by atoms with Crippen LogP contribution in [0.3, 0.4) is 0 Å². The maximum atomic E-state index is 12.9. The lowest BCUT2D eigenvalue weighted by atomic mass is 10.1. The number of hydrogen-bond acceptors (Lipinski definition) is 4. The molecule has 0 aliphatic carbocycles. The van der Waals surface area contributed by atoms with Crippen LogP contribution in [0.4, 0.5) is 11.4 Å². The second-order valence-corrected chi connectivity index (χ2v) is 8.17. The average molecular weight is 442 g/mol. The maximum Gasteiger partial charge on any atom is 0.265 e. The molecule has 162 valence electrons. The van der Waals surface area contributed by atoms with Crippen LogP contribution in [0.5, 0.6) is 5.75 Å². The number of benzene rings is 2. The Bertz CT molecular complexity index is 1030. The molecule has 31 heavy (non-hydrogen) atoms. The van der Waals surface area contributed by atoms with Gasteiger partial charge in [0.2, 0.25) is 5.91 Å². The fourth-order valence-electron chi connectivity index (χ4n) is 3.86. The molecule has 0 unspecified atom stereocenters. The van der Waals surface area contributed by atoms with E-state index in [0.29, 0.717) is 27.7 Å². The zero-order chi connectivity index (χ0) is 22.0. The molecule has 2 aliphatic heterocycles. The number of piperidine rings is 1. The van der Waals surface area contributed by atoms with Crippen molar-refractivity contribution in [3.63, 3.8) is 0 Å². The highest BCUT2D eigenvalue weighted by Gasteiger charge is 2.29. The van der Waals surface area contributed by atoms with Gasteiger partial charge in [-0.1, -0.05) is 17.7 Å². The predicted molar refractivity (Wildman–Crippen MR) is 119 cm³/mol. The van der Waals surface area contributed by atoms with Gasteiger partial charge in [-0.15, -0.1) is 0 Å². The highest BCUT2D eigenvalue weighted by atomic mass is 35.5. The number of ether oxygens (including phenoxy) is 1. The van der Waals surface area contributed by atoms with E-state index >= 15 is 0 Å². The monoisotopic (exact) mass is 441 g/mol. The normalized spacial score (nSPS) is 15.9. The lowest BCUT2D eigenvalue weighted by Crippen LogP contribution is -2.43. The van der Waals surface area contributed by atoms with Crippen molar-refractivity contribution in [2.75, 3.05) is 36.5 Å². The number of carbonyl (C=O) groups excluding carboxylic acids is 3. The third kappa shape index (κ3) is 4.51. The van der Waals surface area contributed by atoms with E-state index in [1.807, 2.05) is 11.8 Å². The van der Waals surface area contributed by atoms with Gasteiger partial charge in [0.25, 0.3) is 11.8 Å². The summed E-state index contributed by atoms with van der Waals surface area (Å²) in [6.45, 7) is 2.93. The molecule has 3 amide bonds. The van der Waals surface area contributed by atoms with Gasteiger partial charge in [0.05, 0.1) is 5.69 Å². The van der Waals surface area contributed by atoms with Gasteiger partial charge in [-0.2, -0.15) is 0 Å². The molecule has 2 heterocycles. The van der Waals surface area contributed by atoms with E-state index in [1.54, 1.807) is 36.4 Å². The molecular weight excluding hydrogens is 418 g/mol. The van der Waals surface area contributed by atoms with Gasteiger partial charge >= 0.3 is 0 Å². The first-order valence-corrected chi connectivity index (χ1v) is 10.7. The summed E-state index contributed by atoms with van der Waals surface area (Å²) < 4.78 is 5.52. The first kappa shape index (κ1) is 21.2. The van der Waals surface area contributed by atoms with Crippen LogP contribution in [-0.4, -0.2) is 48.9 Å². The Hall–Kier alpha value is -3.06. The van der Waals surface area contributed by atoms with Crippen LogP contribution in [0.15, 0.2) is 36.4 Å². The number of likely N-dealkylation sites (tertiary alicyclic amines) is 1. The van der Waals surface area contributed by atoms with Crippen molar-refractivity contribution in [1.82, 2.24) is 4.90 Å².